The number of aromatic nitrogens is 2. The predicted molar refractivity (Wildman–Crippen MR) is 97.8 cm³/mol. The Hall–Kier alpha value is -2.82. The minimum absolute atomic E-state index is 0.485. The molecule has 0 spiro atoms. The molecule has 0 saturated heterocycles. The molecule has 0 amide bonds. The van der Waals surface area contributed by atoms with Crippen LogP contribution in [0.1, 0.15) is 11.5 Å². The molecular weight excluding hydrogens is 350 g/mol. The minimum atomic E-state index is 0.485. The third kappa shape index (κ3) is 4.85. The molecule has 0 aliphatic carbocycles. The van der Waals surface area contributed by atoms with Crippen molar-refractivity contribution in [2.45, 2.75) is 10.6 Å². The van der Waals surface area contributed by atoms with Gasteiger partial charge in [0, 0.05) is 17.6 Å². The summed E-state index contributed by atoms with van der Waals surface area (Å²) in [7, 11) is 1.64. The second-order valence-corrected chi connectivity index (χ2v) is 6.35. The number of hydrogen-bond acceptors (Lipinski definition) is 7. The van der Waals surface area contributed by atoms with E-state index in [9.17, 15) is 0 Å². The van der Waals surface area contributed by atoms with Crippen LogP contribution in [-0.2, 0) is 10.5 Å². The second kappa shape index (κ2) is 9.04. The highest BCUT2D eigenvalue weighted by molar-refractivity contribution is 7.98. The quantitative estimate of drug-likeness (QED) is 0.441. The zero-order valence-electron chi connectivity index (χ0n) is 14.2. The summed E-state index contributed by atoms with van der Waals surface area (Å²) in [5.74, 6) is 2.36. The van der Waals surface area contributed by atoms with Gasteiger partial charge in [0.05, 0.1) is 24.0 Å². The number of ether oxygens (including phenoxy) is 2. The van der Waals surface area contributed by atoms with Gasteiger partial charge >= 0.3 is 0 Å². The molecule has 1 heterocycles. The molecule has 2 aromatic carbocycles. The van der Waals surface area contributed by atoms with Crippen LogP contribution in [-0.4, -0.2) is 30.5 Å². The van der Waals surface area contributed by atoms with Gasteiger partial charge in [0.1, 0.15) is 12.4 Å². The molecule has 3 rings (SSSR count). The number of hydrogen-bond donors (Lipinski definition) is 0. The Morgan fingerprint density at radius 1 is 1.15 bits per heavy atom. The molecule has 0 atom stereocenters. The highest BCUT2D eigenvalue weighted by atomic mass is 32.2. The molecule has 6 nitrogen and oxygen atoms in total. The maximum atomic E-state index is 8.82. The van der Waals surface area contributed by atoms with Crippen molar-refractivity contribution < 1.29 is 14.0 Å². The van der Waals surface area contributed by atoms with Crippen LogP contribution in [0.15, 0.2) is 57.9 Å². The normalized spacial score (nSPS) is 10.5. The molecule has 0 radical (unpaired) electrons. The number of nitriles is 1. The summed E-state index contributed by atoms with van der Waals surface area (Å²) >= 11 is 1.57. The summed E-state index contributed by atoms with van der Waals surface area (Å²) in [6, 6.07) is 17.0. The molecule has 0 aliphatic heterocycles. The largest absolute Gasteiger partial charge is 0.491 e. The second-order valence-electron chi connectivity index (χ2n) is 5.31. The molecule has 0 N–H and O–H groups in total. The molecular formula is C19H17N3O3S. The zero-order valence-corrected chi connectivity index (χ0v) is 15.0. The van der Waals surface area contributed by atoms with Crippen LogP contribution in [0.4, 0.5) is 0 Å². The molecule has 1 aromatic heterocycles. The van der Waals surface area contributed by atoms with Crippen molar-refractivity contribution in [1.82, 2.24) is 10.1 Å². The third-order valence-electron chi connectivity index (χ3n) is 3.46. The van der Waals surface area contributed by atoms with Crippen LogP contribution in [0, 0.1) is 11.3 Å². The standard InChI is InChI=1S/C19H17N3O3S/c1-23-9-10-24-16-4-2-3-15(11-16)19-21-18(25-22-19)13-26-17-7-5-14(12-20)6-8-17/h2-8,11H,9-10,13H2,1H3. The van der Waals surface area contributed by atoms with Crippen molar-refractivity contribution >= 4 is 11.8 Å². The number of rotatable bonds is 8. The van der Waals surface area contributed by atoms with E-state index in [4.69, 9.17) is 19.3 Å². The van der Waals surface area contributed by atoms with Gasteiger partial charge in [-0.05, 0) is 36.4 Å². The lowest BCUT2D eigenvalue weighted by molar-refractivity contribution is 0.146. The van der Waals surface area contributed by atoms with Crippen molar-refractivity contribution in [2.75, 3.05) is 20.3 Å². The monoisotopic (exact) mass is 367 g/mol. The molecule has 0 unspecified atom stereocenters. The molecule has 0 fully saturated rings. The van der Waals surface area contributed by atoms with Crippen LogP contribution in [0.3, 0.4) is 0 Å². The maximum absolute atomic E-state index is 8.82. The van der Waals surface area contributed by atoms with Crippen LogP contribution >= 0.6 is 11.8 Å². The van der Waals surface area contributed by atoms with Crippen LogP contribution < -0.4 is 4.74 Å². The van der Waals surface area contributed by atoms with Crippen LogP contribution in [0.5, 0.6) is 5.75 Å². The van der Waals surface area contributed by atoms with Gasteiger partial charge < -0.3 is 14.0 Å². The highest BCUT2D eigenvalue weighted by Gasteiger charge is 2.10. The van der Waals surface area contributed by atoms with Crippen LogP contribution in [0.25, 0.3) is 11.4 Å². The van der Waals surface area contributed by atoms with Crippen molar-refractivity contribution in [3.63, 3.8) is 0 Å². The number of nitrogens with zero attached hydrogens (tertiary/aromatic N) is 3. The molecule has 26 heavy (non-hydrogen) atoms. The Labute approximate surface area is 155 Å². The summed E-state index contributed by atoms with van der Waals surface area (Å²) in [5, 5.41) is 12.9. The van der Waals surface area contributed by atoms with E-state index < -0.39 is 0 Å². The Morgan fingerprint density at radius 3 is 2.77 bits per heavy atom. The van der Waals surface area contributed by atoms with Crippen molar-refractivity contribution in [3.05, 3.63) is 60.0 Å². The van der Waals surface area contributed by atoms with Gasteiger partial charge in [0.25, 0.3) is 0 Å². The van der Waals surface area contributed by atoms with Crippen molar-refractivity contribution in [3.8, 4) is 23.2 Å². The Kier molecular flexibility index (Phi) is 6.25. The first-order valence-corrected chi connectivity index (χ1v) is 8.95. The maximum Gasteiger partial charge on any atom is 0.237 e. The predicted octanol–water partition coefficient (Wildman–Crippen LogP) is 3.93. The molecule has 0 bridgehead atoms. The summed E-state index contributed by atoms with van der Waals surface area (Å²) < 4.78 is 15.9. The zero-order chi connectivity index (χ0) is 18.2. The average Bonchev–Trinajstić information content (AvgIpc) is 3.16. The lowest BCUT2D eigenvalue weighted by Gasteiger charge is -2.05. The van der Waals surface area contributed by atoms with Crippen LogP contribution in [0.2, 0.25) is 0 Å². The summed E-state index contributed by atoms with van der Waals surface area (Å²) in [6.07, 6.45) is 0. The Morgan fingerprint density at radius 2 is 2.00 bits per heavy atom. The van der Waals surface area contributed by atoms with E-state index in [2.05, 4.69) is 16.2 Å². The summed E-state index contributed by atoms with van der Waals surface area (Å²) in [4.78, 5) is 5.47. The fraction of sp³-hybridized carbons (Fsp3) is 0.211. The Balaban J connectivity index is 1.62. The van der Waals surface area contributed by atoms with Gasteiger partial charge in [-0.25, -0.2) is 0 Å². The molecule has 132 valence electrons. The number of benzene rings is 2. The Bertz CT molecular complexity index is 888. The fourth-order valence-corrected chi connectivity index (χ4v) is 2.91. The van der Waals surface area contributed by atoms with Crippen molar-refractivity contribution in [2.24, 2.45) is 0 Å². The summed E-state index contributed by atoms with van der Waals surface area (Å²) in [5.41, 5.74) is 1.47. The van der Waals surface area contributed by atoms with Gasteiger partial charge in [-0.3, -0.25) is 0 Å². The topological polar surface area (TPSA) is 81.2 Å². The molecule has 7 heteroatoms. The smallest absolute Gasteiger partial charge is 0.237 e. The first-order valence-electron chi connectivity index (χ1n) is 7.96. The highest BCUT2D eigenvalue weighted by Crippen LogP contribution is 2.25. The minimum Gasteiger partial charge on any atom is -0.491 e. The van der Waals surface area contributed by atoms with E-state index >= 15 is 0 Å². The average molecular weight is 367 g/mol. The van der Waals surface area contributed by atoms with E-state index in [1.54, 1.807) is 31.0 Å². The van der Waals surface area contributed by atoms with E-state index in [1.165, 1.54) is 0 Å². The molecule has 0 saturated carbocycles. The van der Waals surface area contributed by atoms with Gasteiger partial charge in [0.15, 0.2) is 0 Å². The third-order valence-corrected chi connectivity index (χ3v) is 4.46. The van der Waals surface area contributed by atoms with Gasteiger partial charge in [0.2, 0.25) is 11.7 Å². The molecule has 3 aromatic rings. The van der Waals surface area contributed by atoms with E-state index in [0.29, 0.717) is 36.2 Å². The first kappa shape index (κ1) is 18.0. The summed E-state index contributed by atoms with van der Waals surface area (Å²) in [6.45, 7) is 1.02. The fourth-order valence-electron chi connectivity index (χ4n) is 2.17. The van der Waals surface area contributed by atoms with E-state index in [1.807, 2.05) is 36.4 Å². The van der Waals surface area contributed by atoms with Gasteiger partial charge in [-0.15, -0.1) is 11.8 Å². The lowest BCUT2D eigenvalue weighted by Crippen LogP contribution is -2.04. The van der Waals surface area contributed by atoms with Gasteiger partial charge in [-0.2, -0.15) is 10.2 Å². The van der Waals surface area contributed by atoms with E-state index in [-0.39, 0.29) is 0 Å². The molecule has 0 aliphatic rings. The number of thioether (sulfide) groups is 1. The SMILES string of the molecule is COCCOc1cccc(-c2noc(CSc3ccc(C#N)cc3)n2)c1. The first-order chi connectivity index (χ1) is 12.8. The number of methoxy groups -OCH3 is 1. The lowest BCUT2D eigenvalue weighted by atomic mass is 10.2. The van der Waals surface area contributed by atoms with Gasteiger partial charge in [-0.1, -0.05) is 17.3 Å². The van der Waals surface area contributed by atoms with E-state index in [0.717, 1.165) is 16.2 Å². The van der Waals surface area contributed by atoms with Crippen molar-refractivity contribution in [1.29, 1.82) is 5.26 Å².